The Hall–Kier alpha value is -1.94. The minimum absolute atomic E-state index is 0.177. The molecule has 0 bridgehead atoms. The first kappa shape index (κ1) is 14.5. The number of benzene rings is 1. The molecule has 0 saturated carbocycles. The molecule has 0 atom stereocenters. The van der Waals surface area contributed by atoms with Crippen molar-refractivity contribution in [3.63, 3.8) is 0 Å². The predicted octanol–water partition coefficient (Wildman–Crippen LogP) is 2.88. The van der Waals surface area contributed by atoms with Crippen LogP contribution in [0.15, 0.2) is 36.5 Å². The predicted molar refractivity (Wildman–Crippen MR) is 80.2 cm³/mol. The third-order valence-corrected chi connectivity index (χ3v) is 3.22. The van der Waals surface area contributed by atoms with Crippen molar-refractivity contribution >= 4 is 5.82 Å². The molecule has 2 rings (SSSR count). The molecule has 0 spiro atoms. The van der Waals surface area contributed by atoms with Crippen LogP contribution in [0.4, 0.5) is 10.2 Å². The van der Waals surface area contributed by atoms with Gasteiger partial charge in [-0.2, -0.15) is 0 Å². The molecule has 0 amide bonds. The van der Waals surface area contributed by atoms with Crippen molar-refractivity contribution in [2.24, 2.45) is 0 Å². The first-order valence-electron chi connectivity index (χ1n) is 6.66. The van der Waals surface area contributed by atoms with E-state index in [2.05, 4.69) is 16.4 Å². The Kier molecular flexibility index (Phi) is 4.69. The summed E-state index contributed by atoms with van der Waals surface area (Å²) in [6, 6.07) is 8.95. The van der Waals surface area contributed by atoms with Gasteiger partial charge in [-0.15, -0.1) is 0 Å². The Morgan fingerprint density at radius 2 is 2.05 bits per heavy atom. The van der Waals surface area contributed by atoms with Crippen LogP contribution in [0.1, 0.15) is 16.7 Å². The molecule has 0 unspecified atom stereocenters. The number of nitrogens with zero attached hydrogens (tertiary/aromatic N) is 2. The van der Waals surface area contributed by atoms with E-state index in [1.54, 1.807) is 12.1 Å². The molecule has 1 heterocycles. The zero-order valence-corrected chi connectivity index (χ0v) is 12.2. The van der Waals surface area contributed by atoms with Crippen LogP contribution in [0.25, 0.3) is 0 Å². The Morgan fingerprint density at radius 3 is 2.70 bits per heavy atom. The van der Waals surface area contributed by atoms with Gasteiger partial charge in [-0.05, 0) is 37.2 Å². The molecule has 1 N–H and O–H groups in total. The minimum atomic E-state index is -0.177. The number of hydrogen-bond acceptors (Lipinski definition) is 3. The van der Waals surface area contributed by atoms with Gasteiger partial charge in [0.15, 0.2) is 0 Å². The average molecular weight is 273 g/mol. The van der Waals surface area contributed by atoms with Gasteiger partial charge in [0.2, 0.25) is 0 Å². The van der Waals surface area contributed by atoms with Crippen LogP contribution in [0.2, 0.25) is 0 Å². The van der Waals surface area contributed by atoms with Crippen LogP contribution in [0.5, 0.6) is 0 Å². The number of rotatable bonds is 5. The first-order chi connectivity index (χ1) is 9.61. The summed E-state index contributed by atoms with van der Waals surface area (Å²) < 4.78 is 13.7. The Bertz CT molecular complexity index is 584. The highest BCUT2D eigenvalue weighted by Gasteiger charge is 2.10. The van der Waals surface area contributed by atoms with Crippen LogP contribution in [0, 0.1) is 12.7 Å². The fourth-order valence-corrected chi connectivity index (χ4v) is 2.28. The van der Waals surface area contributed by atoms with Crippen molar-refractivity contribution in [1.29, 1.82) is 0 Å². The third kappa shape index (κ3) is 3.33. The molecule has 4 heteroatoms. The molecule has 1 aromatic carbocycles. The highest BCUT2D eigenvalue weighted by molar-refractivity contribution is 5.47. The molecule has 106 valence electrons. The number of hydrogen-bond donors (Lipinski definition) is 1. The van der Waals surface area contributed by atoms with Crippen molar-refractivity contribution in [3.8, 4) is 0 Å². The van der Waals surface area contributed by atoms with Gasteiger partial charge < -0.3 is 10.2 Å². The maximum Gasteiger partial charge on any atom is 0.131 e. The van der Waals surface area contributed by atoms with Gasteiger partial charge in [0.1, 0.15) is 11.6 Å². The van der Waals surface area contributed by atoms with Crippen LogP contribution >= 0.6 is 0 Å². The summed E-state index contributed by atoms with van der Waals surface area (Å²) in [6.07, 6.45) is 1.86. The summed E-state index contributed by atoms with van der Waals surface area (Å²) in [5, 5.41) is 3.10. The van der Waals surface area contributed by atoms with Crippen molar-refractivity contribution in [2.75, 3.05) is 19.0 Å². The fourth-order valence-electron chi connectivity index (χ4n) is 2.28. The molecule has 0 saturated heterocycles. The SMILES string of the molecule is CNCc1cnc(N(C)Cc2ccccc2F)c(C)c1. The molecule has 0 aliphatic heterocycles. The number of aryl methyl sites for hydroxylation is 1. The van der Waals surface area contributed by atoms with E-state index in [9.17, 15) is 4.39 Å². The Morgan fingerprint density at radius 1 is 1.30 bits per heavy atom. The Balaban J connectivity index is 2.17. The Labute approximate surface area is 119 Å². The zero-order valence-electron chi connectivity index (χ0n) is 12.2. The van der Waals surface area contributed by atoms with Gasteiger partial charge in [-0.25, -0.2) is 9.37 Å². The second-order valence-electron chi connectivity index (χ2n) is 4.96. The van der Waals surface area contributed by atoms with E-state index >= 15 is 0 Å². The largest absolute Gasteiger partial charge is 0.355 e. The van der Waals surface area contributed by atoms with Crippen molar-refractivity contribution < 1.29 is 4.39 Å². The van der Waals surface area contributed by atoms with Crippen LogP contribution < -0.4 is 10.2 Å². The monoisotopic (exact) mass is 273 g/mol. The van der Waals surface area contributed by atoms with E-state index in [1.165, 1.54) is 6.07 Å². The van der Waals surface area contributed by atoms with Crippen LogP contribution in [0.3, 0.4) is 0 Å². The summed E-state index contributed by atoms with van der Waals surface area (Å²) in [5.74, 6) is 0.705. The lowest BCUT2D eigenvalue weighted by Crippen LogP contribution is -2.20. The van der Waals surface area contributed by atoms with Crippen molar-refractivity contribution in [2.45, 2.75) is 20.0 Å². The summed E-state index contributed by atoms with van der Waals surface area (Å²) in [7, 11) is 3.84. The van der Waals surface area contributed by atoms with Crippen LogP contribution in [-0.2, 0) is 13.1 Å². The summed E-state index contributed by atoms with van der Waals surface area (Å²) in [4.78, 5) is 6.46. The first-order valence-corrected chi connectivity index (χ1v) is 6.66. The molecule has 0 radical (unpaired) electrons. The summed E-state index contributed by atoms with van der Waals surface area (Å²) in [5.41, 5.74) is 2.92. The molecule has 20 heavy (non-hydrogen) atoms. The lowest BCUT2D eigenvalue weighted by molar-refractivity contribution is 0.607. The zero-order chi connectivity index (χ0) is 14.5. The van der Waals surface area contributed by atoms with Crippen LogP contribution in [-0.4, -0.2) is 19.1 Å². The normalized spacial score (nSPS) is 10.6. The topological polar surface area (TPSA) is 28.2 Å². The number of pyridine rings is 1. The van der Waals surface area contributed by atoms with E-state index in [0.717, 1.165) is 23.5 Å². The van der Waals surface area contributed by atoms with Crippen molar-refractivity contribution in [3.05, 3.63) is 59.0 Å². The molecule has 0 aliphatic rings. The molecule has 1 aromatic heterocycles. The minimum Gasteiger partial charge on any atom is -0.355 e. The second kappa shape index (κ2) is 6.48. The maximum atomic E-state index is 13.7. The number of nitrogens with one attached hydrogen (secondary N) is 1. The van der Waals surface area contributed by atoms with Gasteiger partial charge in [0, 0.05) is 31.9 Å². The number of halogens is 1. The quantitative estimate of drug-likeness (QED) is 0.908. The van der Waals surface area contributed by atoms with E-state index in [0.29, 0.717) is 12.1 Å². The molecule has 2 aromatic rings. The van der Waals surface area contributed by atoms with E-state index in [-0.39, 0.29) is 5.82 Å². The second-order valence-corrected chi connectivity index (χ2v) is 4.96. The average Bonchev–Trinajstić information content (AvgIpc) is 2.42. The standard InChI is InChI=1S/C16H20FN3/c1-12-8-13(9-18-2)10-19-16(12)20(3)11-14-6-4-5-7-15(14)17/h4-8,10,18H,9,11H2,1-3H3. The summed E-state index contributed by atoms with van der Waals surface area (Å²) >= 11 is 0. The van der Waals surface area contributed by atoms with Gasteiger partial charge in [-0.1, -0.05) is 18.2 Å². The van der Waals surface area contributed by atoms with Gasteiger partial charge in [0.25, 0.3) is 0 Å². The number of aromatic nitrogens is 1. The van der Waals surface area contributed by atoms with Gasteiger partial charge >= 0.3 is 0 Å². The maximum absolute atomic E-state index is 13.7. The lowest BCUT2D eigenvalue weighted by Gasteiger charge is -2.21. The highest BCUT2D eigenvalue weighted by atomic mass is 19.1. The van der Waals surface area contributed by atoms with Gasteiger partial charge in [-0.3, -0.25) is 0 Å². The van der Waals surface area contributed by atoms with E-state index in [4.69, 9.17) is 0 Å². The smallest absolute Gasteiger partial charge is 0.131 e. The summed E-state index contributed by atoms with van der Waals surface area (Å²) in [6.45, 7) is 3.33. The van der Waals surface area contributed by atoms with E-state index < -0.39 is 0 Å². The number of anilines is 1. The highest BCUT2D eigenvalue weighted by Crippen LogP contribution is 2.19. The molecule has 0 aliphatic carbocycles. The van der Waals surface area contributed by atoms with E-state index in [1.807, 2.05) is 38.2 Å². The molecular weight excluding hydrogens is 253 g/mol. The third-order valence-electron chi connectivity index (χ3n) is 3.22. The molecular formula is C16H20FN3. The van der Waals surface area contributed by atoms with Gasteiger partial charge in [0.05, 0.1) is 0 Å². The molecule has 0 fully saturated rings. The lowest BCUT2D eigenvalue weighted by atomic mass is 10.1. The fraction of sp³-hybridized carbons (Fsp3) is 0.312. The van der Waals surface area contributed by atoms with Crippen molar-refractivity contribution in [1.82, 2.24) is 10.3 Å². The molecule has 3 nitrogen and oxygen atoms in total.